The van der Waals surface area contributed by atoms with Crippen LogP contribution in [0, 0.1) is 0 Å². The molecule has 0 aromatic rings. The first-order valence-electron chi connectivity index (χ1n) is 0.814. The molecular formula is CH2O3Po. The fraction of sp³-hybridized carbons (Fsp3) is 0. The number of rotatable bonds is 1. The van der Waals surface area contributed by atoms with Crippen molar-refractivity contribution in [3.63, 3.8) is 0 Å². The molecule has 0 aliphatic rings. The molecule has 0 amide bonds. The molecular weight excluding hydrogens is 269 g/mol. The van der Waals surface area contributed by atoms with E-state index in [9.17, 15) is 4.79 Å². The van der Waals surface area contributed by atoms with Crippen molar-refractivity contribution in [2.75, 3.05) is 0 Å². The van der Waals surface area contributed by atoms with Gasteiger partial charge in [0.25, 0.3) is 0 Å². The van der Waals surface area contributed by atoms with E-state index in [2.05, 4.69) is 0 Å². The molecule has 5 heavy (non-hydrogen) atoms. The molecule has 0 saturated carbocycles. The van der Waals surface area contributed by atoms with Crippen molar-refractivity contribution in [1.82, 2.24) is 0 Å². The summed E-state index contributed by atoms with van der Waals surface area (Å²) in [6.07, 6.45) is 0. The van der Waals surface area contributed by atoms with Crippen LogP contribution in [0.25, 0.3) is 0 Å². The van der Waals surface area contributed by atoms with Crippen molar-refractivity contribution in [2.45, 2.75) is 0 Å². The summed E-state index contributed by atoms with van der Waals surface area (Å²) in [7, 11) is 0. The monoisotopic (exact) mass is 271 g/mol. The van der Waals surface area contributed by atoms with Gasteiger partial charge in [-0.25, -0.2) is 0 Å². The second-order valence-corrected chi connectivity index (χ2v) is 2.42. The Morgan fingerprint density at radius 2 is 2.00 bits per heavy atom. The summed E-state index contributed by atoms with van der Waals surface area (Å²) in [5.74, 6) is 0. The Morgan fingerprint density at radius 1 is 1.80 bits per heavy atom. The minimum absolute atomic E-state index is 1.02. The first-order valence-corrected chi connectivity index (χ1v) is 3.82. The van der Waals surface area contributed by atoms with Crippen molar-refractivity contribution in [3.05, 3.63) is 0 Å². The van der Waals surface area contributed by atoms with Gasteiger partial charge < -0.3 is 0 Å². The first kappa shape index (κ1) is 5.33. The van der Waals surface area contributed by atoms with Gasteiger partial charge in [0, 0.05) is 0 Å². The van der Waals surface area contributed by atoms with E-state index in [-0.39, 0.29) is 0 Å². The molecule has 4 heteroatoms. The average molecular weight is 271 g/mol. The zero-order valence-corrected chi connectivity index (χ0v) is 5.39. The zero-order chi connectivity index (χ0) is 4.28. The first-order chi connectivity index (χ1) is 2.27. The molecule has 0 atom stereocenters. The van der Waals surface area contributed by atoms with E-state index in [0.29, 0.717) is 0 Å². The standard InChI is InChI=1S/CHO2.H2O.Po/c2-1-3;;/h(H,2,3);1H2;/q;;+1/p-1. The third-order valence-corrected chi connectivity index (χ3v) is 0.685. The minimum atomic E-state index is -1.93. The molecule has 0 rings (SSSR count). The van der Waals surface area contributed by atoms with Crippen LogP contribution in [0.15, 0.2) is 0 Å². The number of carboxylic acid groups (broad SMARTS) is 1. The molecule has 0 unspecified atom stereocenters. The molecule has 0 aliphatic heterocycles. The van der Waals surface area contributed by atoms with E-state index in [1.807, 2.05) is 0 Å². The predicted molar refractivity (Wildman–Crippen MR) is 16.0 cm³/mol. The van der Waals surface area contributed by atoms with Gasteiger partial charge in [0.05, 0.1) is 0 Å². The zero-order valence-electron chi connectivity index (χ0n) is 2.21. The van der Waals surface area contributed by atoms with Gasteiger partial charge >= 0.3 is 40.7 Å². The maximum atomic E-state index is 9.19. The fourth-order valence-corrected chi connectivity index (χ4v) is 0. The molecule has 2 N–H and O–H groups in total. The normalized spacial score (nSPS) is 7.40. The van der Waals surface area contributed by atoms with Crippen LogP contribution in [0.4, 0.5) is 4.79 Å². The van der Waals surface area contributed by atoms with Crippen LogP contribution in [0.2, 0.25) is 0 Å². The molecule has 0 aromatic heterocycles. The van der Waals surface area contributed by atoms with Gasteiger partial charge in [0.2, 0.25) is 0 Å². The van der Waals surface area contributed by atoms with Gasteiger partial charge in [-0.2, -0.15) is 0 Å². The van der Waals surface area contributed by atoms with Crippen LogP contribution in [0.5, 0.6) is 0 Å². The van der Waals surface area contributed by atoms with Crippen LogP contribution in [0.1, 0.15) is 0 Å². The second-order valence-electron chi connectivity index (χ2n) is 0.357. The molecule has 0 bridgehead atoms. The topological polar surface area (TPSA) is 57.5 Å². The quantitative estimate of drug-likeness (QED) is 0.661. The van der Waals surface area contributed by atoms with Crippen molar-refractivity contribution < 1.29 is 13.0 Å². The summed E-state index contributed by atoms with van der Waals surface area (Å²) < 4.78 is 6.69. The SMILES string of the molecule is O=[C](O)[Po][OH]. The maximum absolute atomic E-state index is 9.19. The van der Waals surface area contributed by atoms with Gasteiger partial charge in [0.1, 0.15) is 0 Å². The fourth-order valence-electron chi connectivity index (χ4n) is 0. The Kier molecular flexibility index (Phi) is 2.72. The molecule has 0 heterocycles. The molecule has 0 fully saturated rings. The van der Waals surface area contributed by atoms with Gasteiger partial charge in [-0.15, -0.1) is 0 Å². The van der Waals surface area contributed by atoms with Crippen molar-refractivity contribution >= 4 is 27.6 Å². The average Bonchev–Trinajstić information content (AvgIpc) is 1.38. The third-order valence-electron chi connectivity index (χ3n) is 0.0781. The Balaban J connectivity index is 2.85. The Bertz CT molecular complexity index is 42.2. The van der Waals surface area contributed by atoms with E-state index in [4.69, 9.17) is 8.25 Å². The van der Waals surface area contributed by atoms with E-state index in [0.717, 1.165) is 0 Å². The summed E-state index contributed by atoms with van der Waals surface area (Å²) in [6.45, 7) is 0. The number of hydrogen-bond donors (Lipinski definition) is 2. The Morgan fingerprint density at radius 3 is 2.00 bits per heavy atom. The van der Waals surface area contributed by atoms with E-state index in [1.165, 1.54) is 0 Å². The Labute approximate surface area is 41.0 Å². The molecule has 0 spiro atoms. The predicted octanol–water partition coefficient (Wildman–Crippen LogP) is -0.724. The summed E-state index contributed by atoms with van der Waals surface area (Å²) in [4.78, 5) is 9.19. The van der Waals surface area contributed by atoms with E-state index >= 15 is 0 Å². The third kappa shape index (κ3) is 4.33. The van der Waals surface area contributed by atoms with Crippen LogP contribution < -0.4 is 0 Å². The van der Waals surface area contributed by atoms with Gasteiger partial charge in [-0.1, -0.05) is 0 Å². The summed E-state index contributed by atoms with van der Waals surface area (Å²) in [5, 5.41) is 7.55. The van der Waals surface area contributed by atoms with Gasteiger partial charge in [-0.05, 0) is 0 Å². The van der Waals surface area contributed by atoms with Gasteiger partial charge in [0.15, 0.2) is 0 Å². The van der Waals surface area contributed by atoms with Gasteiger partial charge in [-0.3, -0.25) is 0 Å². The number of carbonyl (C=O) groups is 1. The molecule has 0 saturated heterocycles. The van der Waals surface area contributed by atoms with E-state index < -0.39 is 27.6 Å². The molecule has 0 aromatic carbocycles. The van der Waals surface area contributed by atoms with Crippen LogP contribution >= 0.6 is 0 Å². The van der Waals surface area contributed by atoms with Crippen molar-refractivity contribution in [1.29, 1.82) is 0 Å². The summed E-state index contributed by atoms with van der Waals surface area (Å²) in [5.41, 5.74) is 0. The molecule has 0 radical (unpaired) electrons. The summed E-state index contributed by atoms with van der Waals surface area (Å²) in [6, 6.07) is 0. The number of hydrogen-bond acceptors (Lipinski definition) is 2. The van der Waals surface area contributed by atoms with E-state index in [1.54, 1.807) is 0 Å². The van der Waals surface area contributed by atoms with Crippen LogP contribution in [0.3, 0.4) is 0 Å². The summed E-state index contributed by atoms with van der Waals surface area (Å²) >= 11 is -1.93. The molecule has 0 aliphatic carbocycles. The van der Waals surface area contributed by atoms with Crippen LogP contribution in [-0.2, 0) is 0 Å². The second kappa shape index (κ2) is 2.56. The van der Waals surface area contributed by atoms with Crippen molar-refractivity contribution in [3.8, 4) is 0 Å². The molecule has 3 nitrogen and oxygen atoms in total. The Hall–Kier alpha value is 0.326. The van der Waals surface area contributed by atoms with Crippen LogP contribution in [-0.4, -0.2) is 35.9 Å². The molecule has 30 valence electrons. The van der Waals surface area contributed by atoms with Crippen molar-refractivity contribution in [2.24, 2.45) is 0 Å².